The van der Waals surface area contributed by atoms with Crippen molar-refractivity contribution in [3.05, 3.63) is 30.7 Å². The van der Waals surface area contributed by atoms with Crippen molar-refractivity contribution in [2.24, 2.45) is 18.7 Å². The number of rotatable bonds is 6. The molecule has 1 atom stereocenters. The van der Waals surface area contributed by atoms with Crippen LogP contribution in [0.4, 0.5) is 5.82 Å². The molecule has 4 heterocycles. The fourth-order valence-corrected chi connectivity index (χ4v) is 3.60. The lowest BCUT2D eigenvalue weighted by molar-refractivity contribution is -0.123. The van der Waals surface area contributed by atoms with Crippen molar-refractivity contribution < 1.29 is 4.79 Å². The number of primary amides is 1. The maximum Gasteiger partial charge on any atom is 0.221 e. The normalized spacial score (nSPS) is 17.7. The molecule has 3 aromatic rings. The largest absolute Gasteiger partial charge is 0.369 e. The van der Waals surface area contributed by atoms with E-state index in [2.05, 4.69) is 25.3 Å². The lowest BCUT2D eigenvalue weighted by atomic mass is 9.97. The molecule has 1 saturated heterocycles. The third-order valence-electron chi connectivity index (χ3n) is 5.14. The molecule has 0 bridgehead atoms. The van der Waals surface area contributed by atoms with Gasteiger partial charge in [-0.1, -0.05) is 0 Å². The SMILES string of the molecule is Cn1ncc2c(NCCN3CCC[C@@H](C(N)=O)C3)nc(-c3cccnc3)nc21. The Kier molecular flexibility index (Phi) is 5.16. The minimum Gasteiger partial charge on any atom is -0.369 e. The number of nitrogens with zero attached hydrogens (tertiary/aromatic N) is 6. The zero-order chi connectivity index (χ0) is 19.5. The fraction of sp³-hybridized carbons (Fsp3) is 0.421. The maximum absolute atomic E-state index is 11.5. The number of hydrogen-bond donors (Lipinski definition) is 2. The Morgan fingerprint density at radius 3 is 3.04 bits per heavy atom. The molecule has 28 heavy (non-hydrogen) atoms. The van der Waals surface area contributed by atoms with Gasteiger partial charge in [0.15, 0.2) is 11.5 Å². The van der Waals surface area contributed by atoms with E-state index in [-0.39, 0.29) is 11.8 Å². The first-order chi connectivity index (χ1) is 13.6. The highest BCUT2D eigenvalue weighted by Gasteiger charge is 2.23. The van der Waals surface area contributed by atoms with Crippen LogP contribution in [-0.4, -0.2) is 61.7 Å². The Labute approximate surface area is 163 Å². The predicted molar refractivity (Wildman–Crippen MR) is 106 cm³/mol. The van der Waals surface area contributed by atoms with Gasteiger partial charge >= 0.3 is 0 Å². The van der Waals surface area contributed by atoms with E-state index < -0.39 is 0 Å². The predicted octanol–water partition coefficient (Wildman–Crippen LogP) is 1.03. The second-order valence-corrected chi connectivity index (χ2v) is 7.11. The van der Waals surface area contributed by atoms with Crippen molar-refractivity contribution in [2.75, 3.05) is 31.5 Å². The van der Waals surface area contributed by atoms with E-state index >= 15 is 0 Å². The number of carbonyl (C=O) groups excluding carboxylic acids is 1. The van der Waals surface area contributed by atoms with E-state index in [0.717, 1.165) is 54.9 Å². The van der Waals surface area contributed by atoms with Gasteiger partial charge in [-0.2, -0.15) is 5.10 Å². The number of piperidine rings is 1. The van der Waals surface area contributed by atoms with Crippen LogP contribution in [0.2, 0.25) is 0 Å². The molecule has 1 amide bonds. The zero-order valence-electron chi connectivity index (χ0n) is 15.9. The third-order valence-corrected chi connectivity index (χ3v) is 5.14. The molecule has 0 unspecified atom stereocenters. The van der Waals surface area contributed by atoms with Crippen molar-refractivity contribution in [2.45, 2.75) is 12.8 Å². The maximum atomic E-state index is 11.5. The van der Waals surface area contributed by atoms with E-state index in [9.17, 15) is 4.79 Å². The van der Waals surface area contributed by atoms with Crippen LogP contribution in [0.15, 0.2) is 30.7 Å². The number of anilines is 1. The lowest BCUT2D eigenvalue weighted by Crippen LogP contribution is -2.42. The standard InChI is InChI=1S/C19H24N8O/c1-26-19-15(11-23-26)18(24-17(25-19)13-4-2-6-21-10-13)22-7-9-27-8-3-5-14(12-27)16(20)28/h2,4,6,10-11,14H,3,5,7-9,12H2,1H3,(H2,20,28)(H,22,24,25)/t14-/m1/s1. The summed E-state index contributed by atoms with van der Waals surface area (Å²) in [6, 6.07) is 3.80. The molecule has 0 radical (unpaired) electrons. The Hall–Kier alpha value is -3.07. The molecular formula is C19H24N8O. The molecule has 1 aliphatic rings. The number of hydrogen-bond acceptors (Lipinski definition) is 7. The van der Waals surface area contributed by atoms with Crippen LogP contribution < -0.4 is 11.1 Å². The summed E-state index contributed by atoms with van der Waals surface area (Å²) < 4.78 is 1.74. The van der Waals surface area contributed by atoms with Gasteiger partial charge in [-0.25, -0.2) is 9.97 Å². The van der Waals surface area contributed by atoms with Gasteiger partial charge in [0.1, 0.15) is 5.82 Å². The summed E-state index contributed by atoms with van der Waals surface area (Å²) in [5, 5.41) is 8.61. The highest BCUT2D eigenvalue weighted by molar-refractivity contribution is 5.88. The number of nitrogens with two attached hydrogens (primary N) is 1. The Balaban J connectivity index is 1.51. The van der Waals surface area contributed by atoms with Gasteiger partial charge in [0, 0.05) is 44.6 Å². The summed E-state index contributed by atoms with van der Waals surface area (Å²) in [4.78, 5) is 27.2. The first-order valence-corrected chi connectivity index (χ1v) is 9.47. The van der Waals surface area contributed by atoms with Crippen molar-refractivity contribution >= 4 is 22.8 Å². The summed E-state index contributed by atoms with van der Waals surface area (Å²) in [5.74, 6) is 1.11. The summed E-state index contributed by atoms with van der Waals surface area (Å²) in [5.41, 5.74) is 7.10. The van der Waals surface area contributed by atoms with Crippen LogP contribution in [-0.2, 0) is 11.8 Å². The number of amides is 1. The van der Waals surface area contributed by atoms with Crippen LogP contribution >= 0.6 is 0 Å². The van der Waals surface area contributed by atoms with E-state index in [4.69, 9.17) is 10.7 Å². The second kappa shape index (κ2) is 7.89. The Morgan fingerprint density at radius 2 is 2.25 bits per heavy atom. The van der Waals surface area contributed by atoms with Gasteiger partial charge in [-0.3, -0.25) is 14.5 Å². The molecule has 3 N–H and O–H groups in total. The van der Waals surface area contributed by atoms with Crippen LogP contribution in [0.5, 0.6) is 0 Å². The number of carbonyl (C=O) groups is 1. The van der Waals surface area contributed by atoms with Crippen molar-refractivity contribution in [1.82, 2.24) is 29.6 Å². The lowest BCUT2D eigenvalue weighted by Gasteiger charge is -2.31. The number of pyridine rings is 1. The van der Waals surface area contributed by atoms with Crippen LogP contribution in [0.1, 0.15) is 12.8 Å². The molecule has 3 aromatic heterocycles. The molecule has 4 rings (SSSR count). The first kappa shape index (κ1) is 18.3. The van der Waals surface area contributed by atoms with E-state index in [1.165, 1.54) is 0 Å². The fourth-order valence-electron chi connectivity index (χ4n) is 3.60. The zero-order valence-corrected chi connectivity index (χ0v) is 15.9. The van der Waals surface area contributed by atoms with Crippen LogP contribution in [0.25, 0.3) is 22.4 Å². The summed E-state index contributed by atoms with van der Waals surface area (Å²) in [7, 11) is 1.86. The Morgan fingerprint density at radius 1 is 1.36 bits per heavy atom. The number of likely N-dealkylation sites (tertiary alicyclic amines) is 1. The van der Waals surface area contributed by atoms with Gasteiger partial charge in [-0.05, 0) is 31.5 Å². The summed E-state index contributed by atoms with van der Waals surface area (Å²) in [6.45, 7) is 3.24. The second-order valence-electron chi connectivity index (χ2n) is 7.11. The van der Waals surface area contributed by atoms with Crippen LogP contribution in [0, 0.1) is 5.92 Å². The molecule has 9 heteroatoms. The van der Waals surface area contributed by atoms with E-state index in [1.54, 1.807) is 23.3 Å². The molecule has 9 nitrogen and oxygen atoms in total. The molecule has 0 saturated carbocycles. The molecule has 1 aliphatic heterocycles. The average molecular weight is 380 g/mol. The quantitative estimate of drug-likeness (QED) is 0.656. The average Bonchev–Trinajstić information content (AvgIpc) is 3.10. The van der Waals surface area contributed by atoms with Gasteiger partial charge < -0.3 is 16.0 Å². The number of nitrogens with one attached hydrogen (secondary N) is 1. The van der Waals surface area contributed by atoms with Crippen LogP contribution in [0.3, 0.4) is 0 Å². The minimum absolute atomic E-state index is 0.0463. The smallest absolute Gasteiger partial charge is 0.221 e. The number of aryl methyl sites for hydroxylation is 1. The highest BCUT2D eigenvalue weighted by Crippen LogP contribution is 2.24. The van der Waals surface area contributed by atoms with Crippen molar-refractivity contribution in [3.63, 3.8) is 0 Å². The van der Waals surface area contributed by atoms with Gasteiger partial charge in [0.2, 0.25) is 5.91 Å². The number of aromatic nitrogens is 5. The molecule has 146 valence electrons. The Bertz CT molecular complexity index is 971. The third kappa shape index (κ3) is 3.79. The first-order valence-electron chi connectivity index (χ1n) is 9.47. The number of fused-ring (bicyclic) bond motifs is 1. The van der Waals surface area contributed by atoms with Crippen molar-refractivity contribution in [3.8, 4) is 11.4 Å². The molecule has 0 aromatic carbocycles. The monoisotopic (exact) mass is 380 g/mol. The van der Waals surface area contributed by atoms with Gasteiger partial charge in [0.05, 0.1) is 17.5 Å². The van der Waals surface area contributed by atoms with Gasteiger partial charge in [-0.15, -0.1) is 0 Å². The molecular weight excluding hydrogens is 356 g/mol. The van der Waals surface area contributed by atoms with E-state index in [1.807, 2.05) is 19.2 Å². The molecule has 1 fully saturated rings. The van der Waals surface area contributed by atoms with Crippen molar-refractivity contribution in [1.29, 1.82) is 0 Å². The summed E-state index contributed by atoms with van der Waals surface area (Å²) >= 11 is 0. The van der Waals surface area contributed by atoms with Gasteiger partial charge in [0.25, 0.3) is 0 Å². The highest BCUT2D eigenvalue weighted by atomic mass is 16.1. The minimum atomic E-state index is -0.202. The van der Waals surface area contributed by atoms with E-state index in [0.29, 0.717) is 12.4 Å². The molecule has 0 aliphatic carbocycles. The topological polar surface area (TPSA) is 115 Å². The summed E-state index contributed by atoms with van der Waals surface area (Å²) in [6.07, 6.45) is 7.13. The molecule has 0 spiro atoms.